The van der Waals surface area contributed by atoms with E-state index in [0.717, 1.165) is 11.0 Å². The van der Waals surface area contributed by atoms with Crippen molar-refractivity contribution in [3.05, 3.63) is 93.8 Å². The fourth-order valence-corrected chi connectivity index (χ4v) is 7.69. The van der Waals surface area contributed by atoms with Crippen LogP contribution in [0.2, 0.25) is 0 Å². The second-order valence-electron chi connectivity index (χ2n) is 16.2. The largest absolute Gasteiger partial charge is 0.491 e. The predicted molar refractivity (Wildman–Crippen MR) is 223 cm³/mol. The van der Waals surface area contributed by atoms with Crippen LogP contribution in [0, 0.1) is 22.6 Å². The van der Waals surface area contributed by atoms with E-state index in [1.165, 1.54) is 29.2 Å². The van der Waals surface area contributed by atoms with Crippen molar-refractivity contribution in [3.63, 3.8) is 0 Å². The number of benzene rings is 3. The lowest BCUT2D eigenvalue weighted by Crippen LogP contribution is -2.54. The van der Waals surface area contributed by atoms with Gasteiger partial charge in [-0.1, -0.05) is 32.0 Å². The number of likely N-dealkylation sites (tertiary alicyclic amines) is 1. The van der Waals surface area contributed by atoms with Gasteiger partial charge in [-0.2, -0.15) is 18.4 Å². The predicted octanol–water partition coefficient (Wildman–Crippen LogP) is 4.64. The van der Waals surface area contributed by atoms with Crippen LogP contribution in [0.3, 0.4) is 0 Å². The monoisotopic (exact) mass is 926 g/mol. The molecule has 2 atom stereocenters. The molecule has 0 aliphatic carbocycles. The smallest absolute Gasteiger partial charge is 0.417 e. The quantitative estimate of drug-likeness (QED) is 0.0744. The van der Waals surface area contributed by atoms with Crippen LogP contribution >= 0.6 is 0 Å². The molecular weight excluding hydrogens is 877 g/mol. The lowest BCUT2D eigenvalue weighted by molar-refractivity contribution is -0.138. The molecule has 3 heterocycles. The van der Waals surface area contributed by atoms with Crippen molar-refractivity contribution in [2.75, 3.05) is 79.2 Å². The topological polar surface area (TPSA) is 192 Å². The number of alkyl halides is 3. The Morgan fingerprint density at radius 1 is 0.773 bits per heavy atom. The third-order valence-electron chi connectivity index (χ3n) is 11.0. The molecule has 2 unspecified atom stereocenters. The summed E-state index contributed by atoms with van der Waals surface area (Å²) in [6, 6.07) is 12.6. The molecule has 0 radical (unpaired) electrons. The van der Waals surface area contributed by atoms with Gasteiger partial charge in [-0.15, -0.1) is 0 Å². The Bertz CT molecular complexity index is 2300. The van der Waals surface area contributed by atoms with Gasteiger partial charge in [0, 0.05) is 36.6 Å². The molecule has 3 aliphatic rings. The number of nitriles is 1. The maximum Gasteiger partial charge on any atom is 0.417 e. The summed E-state index contributed by atoms with van der Waals surface area (Å²) >= 11 is 0. The second-order valence-corrected chi connectivity index (χ2v) is 16.2. The fourth-order valence-electron chi connectivity index (χ4n) is 7.69. The van der Waals surface area contributed by atoms with Crippen LogP contribution < -0.4 is 14.8 Å². The molecule has 6 rings (SSSR count). The summed E-state index contributed by atoms with van der Waals surface area (Å²) in [5.74, 6) is -3.27. The molecule has 0 saturated carbocycles. The van der Waals surface area contributed by atoms with Crippen LogP contribution in [0.15, 0.2) is 54.6 Å². The Balaban J connectivity index is 0.768. The van der Waals surface area contributed by atoms with Gasteiger partial charge in [0.25, 0.3) is 17.7 Å². The highest BCUT2D eigenvalue weighted by atomic mass is 19.4. The third kappa shape index (κ3) is 12.5. The van der Waals surface area contributed by atoms with E-state index in [2.05, 4.69) is 5.32 Å². The van der Waals surface area contributed by atoms with Gasteiger partial charge < -0.3 is 38.1 Å². The first-order chi connectivity index (χ1) is 31.6. The van der Waals surface area contributed by atoms with Gasteiger partial charge in [-0.25, -0.2) is 4.39 Å². The van der Waals surface area contributed by atoms with Crippen LogP contribution in [-0.4, -0.2) is 131 Å². The van der Waals surface area contributed by atoms with E-state index in [1.54, 1.807) is 38.1 Å². The highest BCUT2D eigenvalue weighted by molar-refractivity contribution is 6.24. The Hall–Kier alpha value is -5.98. The van der Waals surface area contributed by atoms with Crippen molar-refractivity contribution in [1.29, 1.82) is 5.26 Å². The zero-order valence-corrected chi connectivity index (χ0v) is 36.4. The van der Waals surface area contributed by atoms with Crippen molar-refractivity contribution < 1.29 is 74.7 Å². The summed E-state index contributed by atoms with van der Waals surface area (Å²) in [6.07, 6.45) is -5.43. The maximum atomic E-state index is 15.1. The molecule has 3 aromatic rings. The van der Waals surface area contributed by atoms with Gasteiger partial charge in [-0.3, -0.25) is 34.2 Å². The maximum absolute atomic E-state index is 15.1. The number of nitrogens with zero attached hydrogens (tertiary/aromatic N) is 3. The van der Waals surface area contributed by atoms with E-state index in [-0.39, 0.29) is 73.9 Å². The van der Waals surface area contributed by atoms with Gasteiger partial charge in [0.15, 0.2) is 6.10 Å². The lowest BCUT2D eigenvalue weighted by atomic mass is 9.89. The molecule has 20 heteroatoms. The Kier molecular flexibility index (Phi) is 16.8. The van der Waals surface area contributed by atoms with Crippen LogP contribution in [0.1, 0.15) is 69.7 Å². The van der Waals surface area contributed by atoms with E-state index >= 15 is 4.39 Å². The third-order valence-corrected chi connectivity index (χ3v) is 11.0. The zero-order valence-electron chi connectivity index (χ0n) is 36.4. The number of hydrogen-bond donors (Lipinski definition) is 1. The second kappa shape index (κ2) is 22.5. The number of hydrogen-bond acceptors (Lipinski definition) is 13. The van der Waals surface area contributed by atoms with Gasteiger partial charge in [0.2, 0.25) is 11.8 Å². The van der Waals surface area contributed by atoms with E-state index in [1.807, 2.05) is 0 Å². The van der Waals surface area contributed by atoms with E-state index < -0.39 is 70.2 Å². The number of carbonyl (C=O) groups is 5. The average Bonchev–Trinajstić information content (AvgIpc) is 3.65. The van der Waals surface area contributed by atoms with E-state index in [9.17, 15) is 37.1 Å². The number of rotatable bonds is 24. The molecule has 5 amide bonds. The minimum absolute atomic E-state index is 0.0471. The first-order valence-corrected chi connectivity index (χ1v) is 21.3. The molecule has 3 aliphatic heterocycles. The summed E-state index contributed by atoms with van der Waals surface area (Å²) < 4.78 is 94.6. The molecule has 354 valence electrons. The number of nitrogens with one attached hydrogen (secondary N) is 1. The molecule has 3 aromatic carbocycles. The number of carbonyl (C=O) groups excluding carboxylic acids is 5. The standard InChI is InChI=1S/C46H50F4N4O12/c1-45(2)28-53(44(59)40(45)66-33-9-6-30(26-51)35(24-33)46(48,49)50)27-31-7-8-32(25-36(31)47)65-23-22-64-21-20-63-19-18-62-17-16-61-15-14-60-13-12-29-4-3-5-34-39(29)43(58)54(42(34)57)37-10-11-38(55)52-41(37)56/h3-9,24-25,37,40H,10-23,27-28H2,1-2H3,(H,52,55,56). The lowest BCUT2D eigenvalue weighted by Gasteiger charge is -2.27. The van der Waals surface area contributed by atoms with Crippen molar-refractivity contribution in [2.24, 2.45) is 5.41 Å². The number of imide groups is 2. The highest BCUT2D eigenvalue weighted by Crippen LogP contribution is 2.38. The van der Waals surface area contributed by atoms with Crippen LogP contribution in [0.4, 0.5) is 17.6 Å². The molecule has 0 aromatic heterocycles. The Morgan fingerprint density at radius 2 is 1.39 bits per heavy atom. The van der Waals surface area contributed by atoms with Crippen molar-refractivity contribution in [1.82, 2.24) is 15.1 Å². The highest BCUT2D eigenvalue weighted by Gasteiger charge is 2.49. The Morgan fingerprint density at radius 3 is 2.00 bits per heavy atom. The van der Waals surface area contributed by atoms with Crippen LogP contribution in [-0.2, 0) is 57.2 Å². The number of halogens is 4. The zero-order chi connectivity index (χ0) is 47.4. The van der Waals surface area contributed by atoms with Crippen molar-refractivity contribution in [3.8, 4) is 17.6 Å². The van der Waals surface area contributed by atoms with Gasteiger partial charge in [0.1, 0.15) is 30.0 Å². The van der Waals surface area contributed by atoms with E-state index in [0.29, 0.717) is 70.9 Å². The molecule has 1 N–H and O–H groups in total. The molecular formula is C46H50F4N4O12. The molecule has 16 nitrogen and oxygen atoms in total. The minimum Gasteiger partial charge on any atom is -0.491 e. The first kappa shape index (κ1) is 49.5. The molecule has 66 heavy (non-hydrogen) atoms. The summed E-state index contributed by atoms with van der Waals surface area (Å²) in [4.78, 5) is 65.7. The van der Waals surface area contributed by atoms with Crippen LogP contribution in [0.25, 0.3) is 0 Å². The van der Waals surface area contributed by atoms with Crippen LogP contribution in [0.5, 0.6) is 11.5 Å². The summed E-state index contributed by atoms with van der Waals surface area (Å²) in [7, 11) is 0. The van der Waals surface area contributed by atoms with Gasteiger partial charge >= 0.3 is 6.18 Å². The van der Waals surface area contributed by atoms with Gasteiger partial charge in [0.05, 0.1) is 94.4 Å². The number of fused-ring (bicyclic) bond motifs is 1. The minimum atomic E-state index is -4.79. The average molecular weight is 927 g/mol. The van der Waals surface area contributed by atoms with Crippen molar-refractivity contribution >= 4 is 29.5 Å². The van der Waals surface area contributed by atoms with E-state index in [4.69, 9.17) is 38.4 Å². The molecule has 0 spiro atoms. The SMILES string of the molecule is CC1(C)CN(Cc2ccc(OCCOCCOCCOCCOCCOCCc3cccc4c3C(=O)N(C3CCC(=O)NC3=O)C4=O)cc2F)C(=O)C1Oc1ccc(C#N)c(C(F)(F)F)c1. The van der Waals surface area contributed by atoms with Gasteiger partial charge in [-0.05, 0) is 48.7 Å². The molecule has 2 fully saturated rings. The normalized spacial score (nSPS) is 18.2. The molecule has 0 bridgehead atoms. The Labute approximate surface area is 377 Å². The molecule has 2 saturated heterocycles. The number of ether oxygens (including phenoxy) is 7. The number of amides is 5. The summed E-state index contributed by atoms with van der Waals surface area (Å²) in [5.41, 5.74) is -1.23. The summed E-state index contributed by atoms with van der Waals surface area (Å²) in [6.45, 7) is 6.75. The fraction of sp³-hybridized carbons (Fsp3) is 0.478. The van der Waals surface area contributed by atoms with Crippen molar-refractivity contribution in [2.45, 2.75) is 58.0 Å². The number of piperidine rings is 1. The first-order valence-electron chi connectivity index (χ1n) is 21.3. The summed E-state index contributed by atoms with van der Waals surface area (Å²) in [5, 5.41) is 11.3.